The lowest BCUT2D eigenvalue weighted by Crippen LogP contribution is -2.05. The number of benzene rings is 4. The van der Waals surface area contributed by atoms with E-state index in [2.05, 4.69) is 85.0 Å². The van der Waals surface area contributed by atoms with Gasteiger partial charge < -0.3 is 4.90 Å². The molecule has 0 N–H and O–H groups in total. The normalized spacial score (nSPS) is 12.1. The van der Waals surface area contributed by atoms with Crippen molar-refractivity contribution >= 4 is 80.2 Å². The van der Waals surface area contributed by atoms with Gasteiger partial charge >= 0.3 is 0 Å². The summed E-state index contributed by atoms with van der Waals surface area (Å²) < 4.78 is 2.71. The van der Waals surface area contributed by atoms with Gasteiger partial charge in [0.05, 0.1) is 5.00 Å². The van der Waals surface area contributed by atoms with Crippen molar-refractivity contribution in [1.82, 2.24) is 0 Å². The first kappa shape index (κ1) is 15.4. The Bertz CT molecular complexity index is 1500. The van der Waals surface area contributed by atoms with Crippen LogP contribution in [0.5, 0.6) is 0 Å². The van der Waals surface area contributed by atoms with Gasteiger partial charge in [-0.05, 0) is 84.9 Å². The summed E-state index contributed by atoms with van der Waals surface area (Å²) in [6.45, 7) is 0. The first-order valence-electron chi connectivity index (χ1n) is 9.05. The van der Waals surface area contributed by atoms with Crippen molar-refractivity contribution in [2.45, 2.75) is 0 Å². The van der Waals surface area contributed by atoms with Gasteiger partial charge in [-0.1, -0.05) is 24.3 Å². The topological polar surface area (TPSA) is 3.24 Å². The van der Waals surface area contributed by atoms with E-state index in [1.807, 2.05) is 22.7 Å². The van der Waals surface area contributed by atoms with Crippen LogP contribution in [0.25, 0.3) is 52.5 Å². The van der Waals surface area contributed by atoms with Crippen LogP contribution >= 0.6 is 22.7 Å². The zero-order valence-corrected chi connectivity index (χ0v) is 16.7. The SMILES string of the molecule is CN(C)c1cc2cc3ccc4c5cc6sccc6cc5ccc4c3cc2s1. The average Bonchev–Trinajstić information content (AvgIpc) is 3.29. The van der Waals surface area contributed by atoms with Crippen molar-refractivity contribution < 1.29 is 0 Å². The molecule has 0 saturated carbocycles. The predicted molar refractivity (Wildman–Crippen MR) is 124 cm³/mol. The molecule has 0 aliphatic heterocycles. The molecule has 0 unspecified atom stereocenters. The molecular weight excluding hydrogens is 366 g/mol. The van der Waals surface area contributed by atoms with Gasteiger partial charge in [0.1, 0.15) is 0 Å². The van der Waals surface area contributed by atoms with Crippen LogP contribution in [0.4, 0.5) is 5.00 Å². The Morgan fingerprint density at radius 1 is 0.593 bits per heavy atom. The Balaban J connectivity index is 1.73. The van der Waals surface area contributed by atoms with Gasteiger partial charge in [0.25, 0.3) is 0 Å². The number of hydrogen-bond acceptors (Lipinski definition) is 3. The molecule has 0 radical (unpaired) electrons. The Hall–Kier alpha value is -2.62. The first-order valence-corrected chi connectivity index (χ1v) is 10.7. The van der Waals surface area contributed by atoms with E-state index in [0.29, 0.717) is 0 Å². The number of hydrogen-bond donors (Lipinski definition) is 0. The van der Waals surface area contributed by atoms with Crippen molar-refractivity contribution in [3.63, 3.8) is 0 Å². The minimum atomic E-state index is 1.30. The van der Waals surface area contributed by atoms with Gasteiger partial charge in [0, 0.05) is 23.5 Å². The number of fused-ring (bicyclic) bond motifs is 7. The molecule has 0 saturated heterocycles. The summed E-state index contributed by atoms with van der Waals surface area (Å²) >= 11 is 3.68. The van der Waals surface area contributed by atoms with Crippen LogP contribution in [0.2, 0.25) is 0 Å². The Morgan fingerprint density at radius 3 is 1.96 bits per heavy atom. The third kappa shape index (κ3) is 2.22. The summed E-state index contributed by atoms with van der Waals surface area (Å²) in [5, 5.41) is 14.2. The molecule has 2 heterocycles. The highest BCUT2D eigenvalue weighted by atomic mass is 32.1. The minimum absolute atomic E-state index is 1.30. The summed E-state index contributed by atoms with van der Waals surface area (Å²) in [4.78, 5) is 2.19. The van der Waals surface area contributed by atoms with E-state index < -0.39 is 0 Å². The highest BCUT2D eigenvalue weighted by Crippen LogP contribution is 2.39. The van der Waals surface area contributed by atoms with E-state index in [-0.39, 0.29) is 0 Å². The van der Waals surface area contributed by atoms with Gasteiger partial charge in [-0.25, -0.2) is 0 Å². The fraction of sp³-hybridized carbons (Fsp3) is 0.0833. The van der Waals surface area contributed by atoms with Crippen molar-refractivity contribution in [2.24, 2.45) is 0 Å². The maximum atomic E-state index is 2.38. The van der Waals surface area contributed by atoms with Crippen LogP contribution in [0, 0.1) is 0 Å². The fourth-order valence-electron chi connectivity index (χ4n) is 4.08. The number of anilines is 1. The molecule has 130 valence electrons. The molecule has 2 aromatic heterocycles. The maximum Gasteiger partial charge on any atom is 0.0915 e. The van der Waals surface area contributed by atoms with E-state index in [4.69, 9.17) is 0 Å². The standard InChI is InChI=1S/C24H17NS2/c1-25(2)24-11-17-10-15-4-6-18-19(21(15)13-23(17)27-24)5-3-14-9-16-7-8-26-22(16)12-20(14)18/h3-13H,1-2H3. The predicted octanol–water partition coefficient (Wildman–Crippen LogP) is 7.64. The molecule has 27 heavy (non-hydrogen) atoms. The van der Waals surface area contributed by atoms with Gasteiger partial charge in [-0.3, -0.25) is 0 Å². The Labute approximate surface area is 165 Å². The lowest BCUT2D eigenvalue weighted by Gasteiger charge is -2.08. The summed E-state index contributed by atoms with van der Waals surface area (Å²) in [6.07, 6.45) is 0. The second kappa shape index (κ2) is 5.44. The summed E-state index contributed by atoms with van der Waals surface area (Å²) in [7, 11) is 4.22. The third-order valence-electron chi connectivity index (χ3n) is 5.47. The molecular formula is C24H17NS2. The second-order valence-electron chi connectivity index (χ2n) is 7.35. The first-order chi connectivity index (χ1) is 13.2. The van der Waals surface area contributed by atoms with Crippen molar-refractivity contribution in [3.8, 4) is 0 Å². The van der Waals surface area contributed by atoms with Crippen molar-refractivity contribution in [2.75, 3.05) is 19.0 Å². The zero-order valence-electron chi connectivity index (χ0n) is 15.1. The summed E-state index contributed by atoms with van der Waals surface area (Å²) in [6, 6.07) is 23.0. The van der Waals surface area contributed by atoms with E-state index in [9.17, 15) is 0 Å². The minimum Gasteiger partial charge on any atom is -0.370 e. The Kier molecular flexibility index (Phi) is 3.11. The molecule has 6 aromatic rings. The number of rotatable bonds is 1. The zero-order chi connectivity index (χ0) is 18.1. The van der Waals surface area contributed by atoms with Crippen molar-refractivity contribution in [1.29, 1.82) is 0 Å². The molecule has 0 aliphatic rings. The summed E-state index contributed by atoms with van der Waals surface area (Å²) in [5.74, 6) is 0. The van der Waals surface area contributed by atoms with Crippen LogP contribution in [0.1, 0.15) is 0 Å². The number of nitrogens with zero attached hydrogens (tertiary/aromatic N) is 1. The molecule has 0 aliphatic carbocycles. The lowest BCUT2D eigenvalue weighted by molar-refractivity contribution is 1.16. The molecule has 3 heteroatoms. The van der Waals surface area contributed by atoms with Crippen LogP contribution in [0.3, 0.4) is 0 Å². The van der Waals surface area contributed by atoms with Crippen molar-refractivity contribution in [3.05, 3.63) is 66.0 Å². The van der Waals surface area contributed by atoms with Crippen LogP contribution in [0.15, 0.2) is 66.0 Å². The van der Waals surface area contributed by atoms with Gasteiger partial charge in [-0.2, -0.15) is 0 Å². The van der Waals surface area contributed by atoms with Crippen LogP contribution in [-0.4, -0.2) is 14.1 Å². The second-order valence-corrected chi connectivity index (χ2v) is 9.36. The van der Waals surface area contributed by atoms with E-state index in [1.165, 1.54) is 57.5 Å². The van der Waals surface area contributed by atoms with Gasteiger partial charge in [-0.15, -0.1) is 22.7 Å². The third-order valence-corrected chi connectivity index (χ3v) is 7.62. The lowest BCUT2D eigenvalue weighted by atomic mass is 9.96. The Morgan fingerprint density at radius 2 is 1.26 bits per heavy atom. The molecule has 1 nitrogen and oxygen atoms in total. The van der Waals surface area contributed by atoms with E-state index >= 15 is 0 Å². The molecule has 0 bridgehead atoms. The monoisotopic (exact) mass is 383 g/mol. The van der Waals surface area contributed by atoms with Crippen LogP contribution < -0.4 is 4.90 Å². The molecule has 0 fully saturated rings. The largest absolute Gasteiger partial charge is 0.370 e. The molecule has 0 amide bonds. The highest BCUT2D eigenvalue weighted by Gasteiger charge is 2.10. The molecule has 0 atom stereocenters. The summed E-state index contributed by atoms with van der Waals surface area (Å²) in [5.41, 5.74) is 0. The number of thiophene rings is 2. The molecule has 4 aromatic carbocycles. The smallest absolute Gasteiger partial charge is 0.0915 e. The van der Waals surface area contributed by atoms with Gasteiger partial charge in [0.15, 0.2) is 0 Å². The fourth-order valence-corrected chi connectivity index (χ4v) is 5.89. The van der Waals surface area contributed by atoms with E-state index in [1.54, 1.807) is 0 Å². The quantitative estimate of drug-likeness (QED) is 0.264. The molecule has 6 rings (SSSR count). The van der Waals surface area contributed by atoms with Gasteiger partial charge in [0.2, 0.25) is 0 Å². The highest BCUT2D eigenvalue weighted by molar-refractivity contribution is 7.22. The molecule has 0 spiro atoms. The van der Waals surface area contributed by atoms with Crippen LogP contribution in [-0.2, 0) is 0 Å². The average molecular weight is 384 g/mol. The maximum absolute atomic E-state index is 2.38. The van der Waals surface area contributed by atoms with E-state index in [0.717, 1.165) is 0 Å².